The highest BCUT2D eigenvalue weighted by molar-refractivity contribution is 6.30. The first-order chi connectivity index (χ1) is 15.2. The molecular weight excluding hydrogens is 408 g/mol. The van der Waals surface area contributed by atoms with Gasteiger partial charge in [-0.15, -0.1) is 0 Å². The topological polar surface area (TPSA) is 57.3 Å². The molecule has 2 N–H and O–H groups in total. The lowest BCUT2D eigenvalue weighted by Crippen LogP contribution is -2.40. The van der Waals surface area contributed by atoms with Gasteiger partial charge in [0, 0.05) is 24.3 Å². The summed E-state index contributed by atoms with van der Waals surface area (Å²) in [5.74, 6) is 0. The molecule has 0 saturated carbocycles. The number of amides is 2. The maximum absolute atomic E-state index is 12.7. The van der Waals surface area contributed by atoms with E-state index in [1.54, 1.807) is 12.4 Å². The Hall–Kier alpha value is -3.31. The summed E-state index contributed by atoms with van der Waals surface area (Å²) < 4.78 is 0. The minimum Gasteiger partial charge on any atom is -0.380 e. The van der Waals surface area contributed by atoms with Gasteiger partial charge < -0.3 is 15.5 Å². The molecule has 0 radical (unpaired) electrons. The fraction of sp³-hybridized carbons (Fsp3) is 0.200. The number of aromatic nitrogens is 1. The molecule has 1 atom stereocenters. The number of dihydropyridines is 1. The predicted molar refractivity (Wildman–Crippen MR) is 126 cm³/mol. The highest BCUT2D eigenvalue weighted by atomic mass is 35.5. The third-order valence-electron chi connectivity index (χ3n) is 5.98. The highest BCUT2D eigenvalue weighted by Gasteiger charge is 2.29. The molecule has 1 aromatic carbocycles. The summed E-state index contributed by atoms with van der Waals surface area (Å²) in [6.45, 7) is 1.37. The van der Waals surface area contributed by atoms with E-state index in [1.807, 2.05) is 41.4 Å². The van der Waals surface area contributed by atoms with Crippen LogP contribution in [0.3, 0.4) is 0 Å². The third kappa shape index (κ3) is 4.01. The Morgan fingerprint density at radius 2 is 2.06 bits per heavy atom. The Morgan fingerprint density at radius 3 is 2.87 bits per heavy atom. The van der Waals surface area contributed by atoms with Gasteiger partial charge in [-0.1, -0.05) is 41.5 Å². The summed E-state index contributed by atoms with van der Waals surface area (Å²) in [6.07, 6.45) is 15.5. The lowest BCUT2D eigenvalue weighted by Gasteiger charge is -2.33. The maximum Gasteiger partial charge on any atom is 0.321 e. The summed E-state index contributed by atoms with van der Waals surface area (Å²) >= 11 is 6.29. The molecule has 0 spiro atoms. The number of benzene rings is 1. The molecule has 1 aromatic heterocycles. The van der Waals surface area contributed by atoms with Crippen LogP contribution in [0.2, 0.25) is 5.02 Å². The van der Waals surface area contributed by atoms with Crippen molar-refractivity contribution in [2.45, 2.75) is 18.9 Å². The first kappa shape index (κ1) is 19.6. The molecule has 0 bridgehead atoms. The Kier molecular flexibility index (Phi) is 5.35. The van der Waals surface area contributed by atoms with E-state index in [9.17, 15) is 4.79 Å². The van der Waals surface area contributed by atoms with Crippen LogP contribution in [0.1, 0.15) is 24.0 Å². The number of carbonyl (C=O) groups is 1. The lowest BCUT2D eigenvalue weighted by molar-refractivity contribution is 0.207. The standard InChI is InChI=1S/C25H23ClN4O/c26-20-7-8-22-19(15-20)6-5-18-3-1-12-28-24(18)23(22)17-9-13-30(14-10-17)25(31)29-21-4-2-11-27-16-21/h1-8,11-12,15-16,24,28H,9-10,13-14H2,(H,29,31). The van der Waals surface area contributed by atoms with Crippen LogP contribution in [0.15, 0.2) is 78.3 Å². The molecule has 2 aliphatic heterocycles. The molecule has 1 aliphatic carbocycles. The zero-order valence-electron chi connectivity index (χ0n) is 17.0. The van der Waals surface area contributed by atoms with Crippen molar-refractivity contribution in [2.24, 2.45) is 0 Å². The van der Waals surface area contributed by atoms with Crippen LogP contribution in [0.5, 0.6) is 0 Å². The van der Waals surface area contributed by atoms with Crippen molar-refractivity contribution in [3.8, 4) is 0 Å². The average Bonchev–Trinajstić information content (AvgIpc) is 2.96. The second kappa shape index (κ2) is 8.44. The first-order valence-corrected chi connectivity index (χ1v) is 10.9. The van der Waals surface area contributed by atoms with Crippen molar-refractivity contribution in [3.63, 3.8) is 0 Å². The van der Waals surface area contributed by atoms with Gasteiger partial charge in [0.05, 0.1) is 17.9 Å². The molecule has 31 heavy (non-hydrogen) atoms. The number of pyridine rings is 1. The number of nitrogens with one attached hydrogen (secondary N) is 2. The Labute approximate surface area is 186 Å². The molecule has 3 aliphatic rings. The van der Waals surface area contributed by atoms with Crippen LogP contribution in [-0.2, 0) is 0 Å². The summed E-state index contributed by atoms with van der Waals surface area (Å²) in [5, 5.41) is 7.21. The Bertz CT molecular complexity index is 1120. The van der Waals surface area contributed by atoms with Crippen molar-refractivity contribution in [2.75, 3.05) is 18.4 Å². The van der Waals surface area contributed by atoms with E-state index >= 15 is 0 Å². The van der Waals surface area contributed by atoms with Crippen molar-refractivity contribution < 1.29 is 4.79 Å². The summed E-state index contributed by atoms with van der Waals surface area (Å²) in [4.78, 5) is 18.6. The number of hydrogen-bond donors (Lipinski definition) is 2. The van der Waals surface area contributed by atoms with E-state index in [0.717, 1.165) is 23.4 Å². The second-order valence-corrected chi connectivity index (χ2v) is 8.30. The van der Waals surface area contributed by atoms with E-state index < -0.39 is 0 Å². The van der Waals surface area contributed by atoms with Gasteiger partial charge in [0.15, 0.2) is 0 Å². The van der Waals surface area contributed by atoms with E-state index in [4.69, 9.17) is 11.6 Å². The molecule has 6 heteroatoms. The number of allylic oxidation sites excluding steroid dienone is 2. The zero-order chi connectivity index (χ0) is 21.2. The summed E-state index contributed by atoms with van der Waals surface area (Å²) in [7, 11) is 0. The van der Waals surface area contributed by atoms with Gasteiger partial charge in [0.2, 0.25) is 0 Å². The number of hydrogen-bond acceptors (Lipinski definition) is 3. The molecule has 156 valence electrons. The fourth-order valence-electron chi connectivity index (χ4n) is 4.45. The lowest BCUT2D eigenvalue weighted by atomic mass is 9.84. The first-order valence-electron chi connectivity index (χ1n) is 10.5. The zero-order valence-corrected chi connectivity index (χ0v) is 17.8. The number of piperidine rings is 1. The largest absolute Gasteiger partial charge is 0.380 e. The van der Waals surface area contributed by atoms with Gasteiger partial charge in [-0.3, -0.25) is 4.98 Å². The average molecular weight is 431 g/mol. The monoisotopic (exact) mass is 430 g/mol. The van der Waals surface area contributed by atoms with E-state index in [0.29, 0.717) is 18.8 Å². The van der Waals surface area contributed by atoms with Crippen LogP contribution in [0, 0.1) is 0 Å². The van der Waals surface area contributed by atoms with Gasteiger partial charge in [-0.2, -0.15) is 0 Å². The SMILES string of the molecule is O=C(Nc1cccnc1)N1CCC(=C2c3ccc(Cl)cc3C=CC3=CC=CNC32)CC1. The second-order valence-electron chi connectivity index (χ2n) is 7.87. The van der Waals surface area contributed by atoms with Gasteiger partial charge >= 0.3 is 6.03 Å². The fourth-order valence-corrected chi connectivity index (χ4v) is 4.63. The molecule has 5 rings (SSSR count). The number of urea groups is 1. The van der Waals surface area contributed by atoms with Crippen molar-refractivity contribution in [1.82, 2.24) is 15.2 Å². The van der Waals surface area contributed by atoms with Crippen molar-refractivity contribution in [3.05, 3.63) is 94.4 Å². The predicted octanol–water partition coefficient (Wildman–Crippen LogP) is 5.26. The number of anilines is 1. The Morgan fingerprint density at radius 1 is 1.19 bits per heavy atom. The minimum absolute atomic E-state index is 0.0777. The number of nitrogens with zero attached hydrogens (tertiary/aromatic N) is 2. The highest BCUT2D eigenvalue weighted by Crippen LogP contribution is 2.38. The molecule has 5 nitrogen and oxygen atoms in total. The molecule has 1 fully saturated rings. The maximum atomic E-state index is 12.7. The Balaban J connectivity index is 1.42. The number of carbonyl (C=O) groups excluding carboxylic acids is 1. The minimum atomic E-state index is -0.0777. The number of halogens is 1. The molecule has 1 unspecified atom stereocenters. The van der Waals surface area contributed by atoms with Crippen LogP contribution in [0.25, 0.3) is 11.6 Å². The van der Waals surface area contributed by atoms with Crippen molar-refractivity contribution >= 4 is 35.0 Å². The van der Waals surface area contributed by atoms with Gasteiger partial charge in [-0.05, 0) is 71.7 Å². The summed E-state index contributed by atoms with van der Waals surface area (Å²) in [6, 6.07) is 9.79. The number of rotatable bonds is 1. The third-order valence-corrected chi connectivity index (χ3v) is 6.21. The van der Waals surface area contributed by atoms with Gasteiger partial charge in [0.25, 0.3) is 0 Å². The normalized spacial score (nSPS) is 19.7. The van der Waals surface area contributed by atoms with E-state index in [-0.39, 0.29) is 12.1 Å². The van der Waals surface area contributed by atoms with Crippen LogP contribution >= 0.6 is 11.6 Å². The van der Waals surface area contributed by atoms with Gasteiger partial charge in [-0.25, -0.2) is 4.79 Å². The smallest absolute Gasteiger partial charge is 0.321 e. The molecule has 3 heterocycles. The molecule has 1 saturated heterocycles. The molecular formula is C25H23ClN4O. The quantitative estimate of drug-likeness (QED) is 0.649. The van der Waals surface area contributed by atoms with E-state index in [1.165, 1.54) is 22.3 Å². The van der Waals surface area contributed by atoms with E-state index in [2.05, 4.69) is 39.9 Å². The number of fused-ring (bicyclic) bond motifs is 2. The van der Waals surface area contributed by atoms with Crippen LogP contribution < -0.4 is 10.6 Å². The van der Waals surface area contributed by atoms with Crippen LogP contribution in [-0.4, -0.2) is 35.0 Å². The van der Waals surface area contributed by atoms with Gasteiger partial charge in [0.1, 0.15) is 0 Å². The number of likely N-dealkylation sites (tertiary alicyclic amines) is 1. The summed E-state index contributed by atoms with van der Waals surface area (Å²) in [5.41, 5.74) is 6.97. The molecule has 2 amide bonds. The van der Waals surface area contributed by atoms with Crippen molar-refractivity contribution in [1.29, 1.82) is 0 Å². The van der Waals surface area contributed by atoms with Crippen LogP contribution in [0.4, 0.5) is 10.5 Å². The molecule has 2 aromatic rings.